The van der Waals surface area contributed by atoms with Gasteiger partial charge in [-0.25, -0.2) is 10.2 Å². The molecule has 10 heteroatoms. The van der Waals surface area contributed by atoms with Gasteiger partial charge in [0.2, 0.25) is 5.91 Å². The second-order valence-electron chi connectivity index (χ2n) is 5.78. The Morgan fingerprint density at radius 2 is 1.68 bits per heavy atom. The fourth-order valence-electron chi connectivity index (χ4n) is 2.52. The van der Waals surface area contributed by atoms with Crippen LogP contribution in [-0.4, -0.2) is 54.7 Å². The zero-order valence-corrected chi connectivity index (χ0v) is 14.4. The Morgan fingerprint density at radius 1 is 1.08 bits per heavy atom. The van der Waals surface area contributed by atoms with E-state index in [0.29, 0.717) is 0 Å². The van der Waals surface area contributed by atoms with Gasteiger partial charge >= 0.3 is 6.03 Å². The van der Waals surface area contributed by atoms with Crippen LogP contribution in [0.25, 0.3) is 0 Å². The monoisotopic (exact) mass is 363 g/mol. The number of anilines is 1. The molecule has 1 aromatic rings. The molecular formula is C15H17N5O4S. The minimum atomic E-state index is -1.34. The van der Waals surface area contributed by atoms with Crippen molar-refractivity contribution in [1.29, 1.82) is 0 Å². The number of thioether (sulfide) groups is 1. The van der Waals surface area contributed by atoms with Crippen molar-refractivity contribution in [3.63, 3.8) is 0 Å². The van der Waals surface area contributed by atoms with Gasteiger partial charge in [-0.3, -0.25) is 30.0 Å². The number of nitrogens with zero attached hydrogens (tertiary/aromatic N) is 2. The number of hydrazine groups is 1. The maximum atomic E-state index is 12.2. The van der Waals surface area contributed by atoms with E-state index >= 15 is 0 Å². The van der Waals surface area contributed by atoms with Gasteiger partial charge in [-0.2, -0.15) is 0 Å². The van der Waals surface area contributed by atoms with Crippen molar-refractivity contribution >= 4 is 41.2 Å². The van der Waals surface area contributed by atoms with Crippen LogP contribution >= 0.6 is 11.8 Å². The summed E-state index contributed by atoms with van der Waals surface area (Å²) in [6, 6.07) is 5.43. The van der Waals surface area contributed by atoms with Crippen LogP contribution in [0.5, 0.6) is 0 Å². The smallest absolute Gasteiger partial charge is 0.328 e. The highest BCUT2D eigenvalue weighted by atomic mass is 32.2. The number of imide groups is 2. The molecule has 1 aromatic carbocycles. The summed E-state index contributed by atoms with van der Waals surface area (Å²) in [5.74, 6) is -1.60. The van der Waals surface area contributed by atoms with E-state index in [4.69, 9.17) is 0 Å². The lowest BCUT2D eigenvalue weighted by Crippen LogP contribution is -2.66. The number of hydrogen-bond acceptors (Lipinski definition) is 7. The number of carbonyl (C=O) groups is 4. The molecule has 3 rings (SSSR count). The number of carbonyl (C=O) groups excluding carboxylic acids is 4. The Kier molecular flexibility index (Phi) is 4.64. The minimum Gasteiger partial charge on any atom is -0.378 e. The molecule has 132 valence electrons. The normalized spacial score (nSPS) is 21.4. The van der Waals surface area contributed by atoms with Crippen molar-refractivity contribution in [2.24, 2.45) is 0 Å². The Morgan fingerprint density at radius 3 is 2.24 bits per heavy atom. The molecule has 3 N–H and O–H groups in total. The molecule has 2 aliphatic heterocycles. The molecule has 0 aromatic heterocycles. The molecule has 25 heavy (non-hydrogen) atoms. The number of nitrogens with one attached hydrogen (secondary N) is 3. The molecule has 0 spiro atoms. The Labute approximate surface area is 148 Å². The van der Waals surface area contributed by atoms with Crippen molar-refractivity contribution in [2.45, 2.75) is 11.4 Å². The SMILES string of the molecule is CN(C)c1ccc(C2SCC(=O)N2NC2C(=O)NC(=O)NC2=O)cc1. The van der Waals surface area contributed by atoms with Crippen LogP contribution in [0.1, 0.15) is 10.9 Å². The Balaban J connectivity index is 1.79. The van der Waals surface area contributed by atoms with Gasteiger partial charge in [0.15, 0.2) is 6.04 Å². The number of urea groups is 1. The van der Waals surface area contributed by atoms with Crippen LogP contribution in [0.4, 0.5) is 10.5 Å². The van der Waals surface area contributed by atoms with E-state index in [9.17, 15) is 19.2 Å². The molecule has 1 unspecified atom stereocenters. The summed E-state index contributed by atoms with van der Waals surface area (Å²) in [5.41, 5.74) is 4.53. The first-order chi connectivity index (χ1) is 11.9. The summed E-state index contributed by atoms with van der Waals surface area (Å²) in [6.07, 6.45) is 0. The Bertz CT molecular complexity index is 716. The van der Waals surface area contributed by atoms with Crippen LogP contribution in [-0.2, 0) is 14.4 Å². The van der Waals surface area contributed by atoms with Gasteiger partial charge in [-0.05, 0) is 17.7 Å². The van der Waals surface area contributed by atoms with Gasteiger partial charge in [-0.1, -0.05) is 12.1 Å². The van der Waals surface area contributed by atoms with E-state index in [-0.39, 0.29) is 17.0 Å². The van der Waals surface area contributed by atoms with Gasteiger partial charge < -0.3 is 4.90 Å². The highest BCUT2D eigenvalue weighted by Crippen LogP contribution is 2.37. The third-order valence-corrected chi connectivity index (χ3v) is 5.04. The zero-order chi connectivity index (χ0) is 18.1. The van der Waals surface area contributed by atoms with Crippen molar-refractivity contribution in [1.82, 2.24) is 21.1 Å². The molecule has 0 saturated carbocycles. The number of benzene rings is 1. The first-order valence-corrected chi connectivity index (χ1v) is 8.54. The van der Waals surface area contributed by atoms with Crippen LogP contribution in [0.2, 0.25) is 0 Å². The average molecular weight is 363 g/mol. The van der Waals surface area contributed by atoms with Crippen LogP contribution in [0, 0.1) is 0 Å². The third-order valence-electron chi connectivity index (χ3n) is 3.83. The predicted molar refractivity (Wildman–Crippen MR) is 91.4 cm³/mol. The predicted octanol–water partition coefficient (Wildman–Crippen LogP) is -0.434. The topological polar surface area (TPSA) is 111 Å². The molecule has 0 aliphatic carbocycles. The van der Waals surface area contributed by atoms with Crippen molar-refractivity contribution in [2.75, 3.05) is 24.7 Å². The van der Waals surface area contributed by atoms with Gasteiger partial charge in [-0.15, -0.1) is 11.8 Å². The van der Waals surface area contributed by atoms with Crippen LogP contribution in [0.15, 0.2) is 24.3 Å². The summed E-state index contributed by atoms with van der Waals surface area (Å²) in [4.78, 5) is 49.0. The van der Waals surface area contributed by atoms with E-state index in [0.717, 1.165) is 11.3 Å². The lowest BCUT2D eigenvalue weighted by molar-refractivity contribution is -0.139. The summed E-state index contributed by atoms with van der Waals surface area (Å²) < 4.78 is 0. The number of barbiturate groups is 1. The molecule has 2 fully saturated rings. The maximum Gasteiger partial charge on any atom is 0.328 e. The summed E-state index contributed by atoms with van der Waals surface area (Å²) in [7, 11) is 3.86. The molecule has 0 bridgehead atoms. The molecule has 0 radical (unpaired) electrons. The second kappa shape index (κ2) is 6.73. The summed E-state index contributed by atoms with van der Waals surface area (Å²) in [5, 5.41) is 4.90. The highest BCUT2D eigenvalue weighted by molar-refractivity contribution is 8.00. The lowest BCUT2D eigenvalue weighted by Gasteiger charge is -2.30. The van der Waals surface area contributed by atoms with E-state index in [1.54, 1.807) is 0 Å². The van der Waals surface area contributed by atoms with Crippen LogP contribution < -0.4 is 21.0 Å². The summed E-state index contributed by atoms with van der Waals surface area (Å²) in [6.45, 7) is 0. The molecule has 2 heterocycles. The van der Waals surface area contributed by atoms with E-state index < -0.39 is 23.9 Å². The number of hydrogen-bond donors (Lipinski definition) is 3. The molecule has 5 amide bonds. The van der Waals surface area contributed by atoms with Crippen LogP contribution in [0.3, 0.4) is 0 Å². The van der Waals surface area contributed by atoms with Crippen molar-refractivity contribution in [3.05, 3.63) is 29.8 Å². The fourth-order valence-corrected chi connectivity index (χ4v) is 3.64. The third kappa shape index (κ3) is 3.44. The first-order valence-electron chi connectivity index (χ1n) is 7.49. The van der Waals surface area contributed by atoms with Gasteiger partial charge in [0, 0.05) is 19.8 Å². The Hall–Kier alpha value is -2.59. The van der Waals surface area contributed by atoms with Crippen molar-refractivity contribution in [3.8, 4) is 0 Å². The van der Waals surface area contributed by atoms with Crippen molar-refractivity contribution < 1.29 is 19.2 Å². The highest BCUT2D eigenvalue weighted by Gasteiger charge is 2.41. The standard InChI is InChI=1S/C15H17N5O4S/c1-19(2)9-5-3-8(4-6-9)14-20(10(21)7-25-14)18-11-12(22)16-15(24)17-13(11)23/h3-6,11,14,18H,7H2,1-2H3,(H2,16,17,22,23,24). The lowest BCUT2D eigenvalue weighted by atomic mass is 10.2. The minimum absolute atomic E-state index is 0.224. The van der Waals surface area contributed by atoms with E-state index in [1.165, 1.54) is 16.8 Å². The van der Waals surface area contributed by atoms with Gasteiger partial charge in [0.1, 0.15) is 5.37 Å². The zero-order valence-electron chi connectivity index (χ0n) is 13.6. The fraction of sp³-hybridized carbons (Fsp3) is 0.333. The quantitative estimate of drug-likeness (QED) is 0.622. The largest absolute Gasteiger partial charge is 0.378 e. The van der Waals surface area contributed by atoms with E-state index in [2.05, 4.69) is 5.43 Å². The first kappa shape index (κ1) is 17.2. The molecule has 1 atom stereocenters. The summed E-state index contributed by atoms with van der Waals surface area (Å²) >= 11 is 1.39. The van der Waals surface area contributed by atoms with Gasteiger partial charge in [0.05, 0.1) is 5.75 Å². The molecule has 2 saturated heterocycles. The number of rotatable bonds is 4. The molecular weight excluding hydrogens is 346 g/mol. The second-order valence-corrected chi connectivity index (χ2v) is 6.85. The van der Waals surface area contributed by atoms with E-state index in [1.807, 2.05) is 53.9 Å². The maximum absolute atomic E-state index is 12.2. The molecule has 9 nitrogen and oxygen atoms in total. The molecule has 2 aliphatic rings. The van der Waals surface area contributed by atoms with Gasteiger partial charge in [0.25, 0.3) is 11.8 Å². The number of amides is 5. The average Bonchev–Trinajstić information content (AvgIpc) is 2.91.